The summed E-state index contributed by atoms with van der Waals surface area (Å²) < 4.78 is 11.1. The van der Waals surface area contributed by atoms with Crippen molar-refractivity contribution in [2.75, 3.05) is 13.2 Å². The van der Waals surface area contributed by atoms with E-state index < -0.39 is 0 Å². The Kier molecular flexibility index (Phi) is 5.16. The minimum atomic E-state index is -0.237. The van der Waals surface area contributed by atoms with Crippen LogP contribution in [0.2, 0.25) is 0 Å². The number of hydrogen-bond donors (Lipinski definition) is 0. The van der Waals surface area contributed by atoms with Gasteiger partial charge in [0.15, 0.2) is 6.29 Å². The van der Waals surface area contributed by atoms with Gasteiger partial charge in [-0.3, -0.25) is 0 Å². The topological polar surface area (TPSA) is 18.5 Å². The van der Waals surface area contributed by atoms with Crippen LogP contribution in [0.4, 0.5) is 0 Å². The van der Waals surface area contributed by atoms with Crippen LogP contribution in [-0.4, -0.2) is 13.2 Å². The van der Waals surface area contributed by atoms with Crippen molar-refractivity contribution < 1.29 is 9.47 Å². The van der Waals surface area contributed by atoms with Gasteiger partial charge in [0, 0.05) is 18.8 Å². The molecule has 0 amide bonds. The van der Waals surface area contributed by atoms with Crippen molar-refractivity contribution in [3.8, 4) is 0 Å². The molecule has 0 aromatic heterocycles. The van der Waals surface area contributed by atoms with E-state index in [9.17, 15) is 0 Å². The largest absolute Gasteiger partial charge is 0.349 e. The summed E-state index contributed by atoms with van der Waals surface area (Å²) in [4.78, 5) is 0. The second kappa shape index (κ2) is 6.18. The molecular formula is C15H24O2. The summed E-state index contributed by atoms with van der Waals surface area (Å²) in [6.45, 7) is 11.9. The average Bonchev–Trinajstić information content (AvgIpc) is 2.28. The van der Waals surface area contributed by atoms with E-state index in [1.54, 1.807) is 0 Å². The number of ether oxygens (including phenoxy) is 2. The standard InChI is InChI=1S/C15H24O2/c1-6-16-14(17-7-2)12-8-10-13(11-9-12)15(3,4)5/h8-11,14H,6-7H2,1-5H3. The van der Waals surface area contributed by atoms with Gasteiger partial charge in [-0.2, -0.15) is 0 Å². The quantitative estimate of drug-likeness (QED) is 0.718. The average molecular weight is 236 g/mol. The van der Waals surface area contributed by atoms with Crippen molar-refractivity contribution in [2.45, 2.75) is 46.3 Å². The highest BCUT2D eigenvalue weighted by atomic mass is 16.7. The first-order valence-corrected chi connectivity index (χ1v) is 6.32. The van der Waals surface area contributed by atoms with Crippen molar-refractivity contribution >= 4 is 0 Å². The van der Waals surface area contributed by atoms with Gasteiger partial charge in [0.1, 0.15) is 0 Å². The fourth-order valence-electron chi connectivity index (χ4n) is 1.68. The Hall–Kier alpha value is -0.860. The van der Waals surface area contributed by atoms with E-state index >= 15 is 0 Å². The second-order valence-corrected chi connectivity index (χ2v) is 5.11. The SMILES string of the molecule is CCOC(OCC)c1ccc(C(C)(C)C)cc1. The summed E-state index contributed by atoms with van der Waals surface area (Å²) in [7, 11) is 0. The molecule has 0 radical (unpaired) electrons. The normalized spacial score (nSPS) is 12.1. The Labute approximate surface area is 105 Å². The van der Waals surface area contributed by atoms with E-state index in [1.807, 2.05) is 13.8 Å². The molecule has 0 saturated carbocycles. The predicted octanol–water partition coefficient (Wildman–Crippen LogP) is 4.06. The smallest absolute Gasteiger partial charge is 0.183 e. The summed E-state index contributed by atoms with van der Waals surface area (Å²) in [5, 5.41) is 0. The molecule has 1 aromatic carbocycles. The first-order valence-electron chi connectivity index (χ1n) is 6.32. The minimum absolute atomic E-state index is 0.186. The highest BCUT2D eigenvalue weighted by Gasteiger charge is 2.15. The van der Waals surface area contributed by atoms with Crippen molar-refractivity contribution in [2.24, 2.45) is 0 Å². The lowest BCUT2D eigenvalue weighted by atomic mass is 9.87. The lowest BCUT2D eigenvalue weighted by Gasteiger charge is -2.21. The van der Waals surface area contributed by atoms with Crippen molar-refractivity contribution in [3.63, 3.8) is 0 Å². The predicted molar refractivity (Wildman–Crippen MR) is 71.1 cm³/mol. The molecular weight excluding hydrogens is 212 g/mol. The van der Waals surface area contributed by atoms with Crippen LogP contribution in [0.5, 0.6) is 0 Å². The van der Waals surface area contributed by atoms with Crippen LogP contribution in [0.25, 0.3) is 0 Å². The Morgan fingerprint density at radius 2 is 1.41 bits per heavy atom. The van der Waals surface area contributed by atoms with Gasteiger partial charge < -0.3 is 9.47 Å². The number of benzene rings is 1. The van der Waals surface area contributed by atoms with Crippen LogP contribution in [0, 0.1) is 0 Å². The Balaban J connectivity index is 2.84. The summed E-state index contributed by atoms with van der Waals surface area (Å²) in [5.74, 6) is 0. The summed E-state index contributed by atoms with van der Waals surface area (Å²) >= 11 is 0. The molecule has 2 nitrogen and oxygen atoms in total. The maximum atomic E-state index is 5.57. The molecule has 0 spiro atoms. The number of hydrogen-bond acceptors (Lipinski definition) is 2. The van der Waals surface area contributed by atoms with Crippen molar-refractivity contribution in [1.82, 2.24) is 0 Å². The van der Waals surface area contributed by atoms with E-state index in [2.05, 4.69) is 45.0 Å². The van der Waals surface area contributed by atoms with Gasteiger partial charge in [0.2, 0.25) is 0 Å². The third-order valence-electron chi connectivity index (χ3n) is 2.68. The molecule has 0 aliphatic heterocycles. The van der Waals surface area contributed by atoms with Crippen LogP contribution in [0.15, 0.2) is 24.3 Å². The molecule has 0 aliphatic carbocycles. The Bertz CT molecular complexity index is 316. The van der Waals surface area contributed by atoms with Crippen molar-refractivity contribution in [3.05, 3.63) is 35.4 Å². The maximum Gasteiger partial charge on any atom is 0.183 e. The fraction of sp³-hybridized carbons (Fsp3) is 0.600. The molecule has 0 saturated heterocycles. The first kappa shape index (κ1) is 14.2. The van der Waals surface area contributed by atoms with Gasteiger partial charge in [-0.15, -0.1) is 0 Å². The lowest BCUT2D eigenvalue weighted by Crippen LogP contribution is -2.12. The summed E-state index contributed by atoms with van der Waals surface area (Å²) in [6.07, 6.45) is -0.237. The molecule has 0 N–H and O–H groups in total. The zero-order valence-corrected chi connectivity index (χ0v) is 11.6. The Morgan fingerprint density at radius 1 is 0.941 bits per heavy atom. The molecule has 17 heavy (non-hydrogen) atoms. The molecule has 0 unspecified atom stereocenters. The van der Waals surface area contributed by atoms with Gasteiger partial charge in [-0.25, -0.2) is 0 Å². The van der Waals surface area contributed by atoms with Gasteiger partial charge in [0.25, 0.3) is 0 Å². The minimum Gasteiger partial charge on any atom is -0.349 e. The Morgan fingerprint density at radius 3 is 1.76 bits per heavy atom. The van der Waals surface area contributed by atoms with Crippen LogP contribution in [-0.2, 0) is 14.9 Å². The molecule has 0 aliphatic rings. The van der Waals surface area contributed by atoms with Crippen LogP contribution in [0.3, 0.4) is 0 Å². The highest BCUT2D eigenvalue weighted by molar-refractivity contribution is 5.28. The fourth-order valence-corrected chi connectivity index (χ4v) is 1.68. The lowest BCUT2D eigenvalue weighted by molar-refractivity contribution is -0.140. The van der Waals surface area contributed by atoms with Crippen molar-refractivity contribution in [1.29, 1.82) is 0 Å². The number of rotatable bonds is 5. The molecule has 96 valence electrons. The van der Waals surface area contributed by atoms with E-state index in [1.165, 1.54) is 5.56 Å². The van der Waals surface area contributed by atoms with Crippen LogP contribution in [0.1, 0.15) is 52.0 Å². The first-order chi connectivity index (χ1) is 7.99. The maximum absolute atomic E-state index is 5.57. The van der Waals surface area contributed by atoms with E-state index in [-0.39, 0.29) is 11.7 Å². The van der Waals surface area contributed by atoms with Gasteiger partial charge in [0.05, 0.1) is 0 Å². The van der Waals surface area contributed by atoms with Crippen LogP contribution >= 0.6 is 0 Å². The van der Waals surface area contributed by atoms with E-state index in [0.717, 1.165) is 5.56 Å². The monoisotopic (exact) mass is 236 g/mol. The molecule has 1 rings (SSSR count). The zero-order valence-electron chi connectivity index (χ0n) is 11.6. The van der Waals surface area contributed by atoms with E-state index in [0.29, 0.717) is 13.2 Å². The highest BCUT2D eigenvalue weighted by Crippen LogP contribution is 2.25. The molecule has 2 heteroatoms. The van der Waals surface area contributed by atoms with Gasteiger partial charge >= 0.3 is 0 Å². The van der Waals surface area contributed by atoms with E-state index in [4.69, 9.17) is 9.47 Å². The van der Waals surface area contributed by atoms with Gasteiger partial charge in [-0.05, 0) is 24.8 Å². The third-order valence-corrected chi connectivity index (χ3v) is 2.68. The second-order valence-electron chi connectivity index (χ2n) is 5.11. The zero-order chi connectivity index (χ0) is 12.9. The molecule has 0 atom stereocenters. The third kappa shape index (κ3) is 4.14. The van der Waals surface area contributed by atoms with Crippen LogP contribution < -0.4 is 0 Å². The summed E-state index contributed by atoms with van der Waals surface area (Å²) in [5.41, 5.74) is 2.60. The molecule has 0 heterocycles. The molecule has 0 bridgehead atoms. The van der Waals surface area contributed by atoms with Gasteiger partial charge in [-0.1, -0.05) is 45.0 Å². The molecule has 0 fully saturated rings. The molecule has 1 aromatic rings. The summed E-state index contributed by atoms with van der Waals surface area (Å²) in [6, 6.07) is 8.49.